The molecule has 6 aliphatic rings. The highest BCUT2D eigenvalue weighted by Crippen LogP contribution is 2.47. The maximum absolute atomic E-state index is 13.6. The van der Waals surface area contributed by atoms with Gasteiger partial charge in [-0.1, -0.05) is 11.6 Å². The number of carbonyl (C=O) groups is 5. The molecule has 2 atom stereocenters. The number of anilines is 3. The second kappa shape index (κ2) is 16.2. The van der Waals surface area contributed by atoms with E-state index in [2.05, 4.69) is 50.0 Å². The van der Waals surface area contributed by atoms with Crippen molar-refractivity contribution >= 4 is 58.2 Å². The summed E-state index contributed by atoms with van der Waals surface area (Å²) in [6.45, 7) is 11.3. The number of hydrogen-bond donors (Lipinski definition) is 1. The molecule has 1 spiro atoms. The van der Waals surface area contributed by atoms with Crippen molar-refractivity contribution in [3.8, 4) is 6.07 Å². The van der Waals surface area contributed by atoms with E-state index < -0.39 is 23.8 Å². The first-order valence-corrected chi connectivity index (χ1v) is 21.8. The minimum atomic E-state index is -0.967. The first kappa shape index (κ1) is 40.0. The molecule has 6 aliphatic heterocycles. The summed E-state index contributed by atoms with van der Waals surface area (Å²) >= 11 is 6.37. The molecule has 0 aliphatic carbocycles. The van der Waals surface area contributed by atoms with Gasteiger partial charge in [0.1, 0.15) is 12.1 Å². The Balaban J connectivity index is 0.719. The standard InChI is InChI=1S/C46H51ClN8O5/c1-30-46(16-21-54(30)36-7-4-33(28-48)39(47)27-36)14-19-53(20-15-46)43(58)32-2-5-34(6-3-32)52-24-22-50(23-25-52)29-31-12-17-51(18-13-31)35-8-9-37-38(26-35)45(60)55(44(37)59)40-10-11-41(56)49-42(40)57/h2-9,26-27,30-31,40H,10-25,29H2,1H3,(H,49,56,57). The fourth-order valence-corrected chi connectivity index (χ4v) is 10.8. The number of hydrogen-bond acceptors (Lipinski definition) is 10. The fourth-order valence-electron chi connectivity index (χ4n) is 10.6. The lowest BCUT2D eigenvalue weighted by Crippen LogP contribution is -2.54. The van der Waals surface area contributed by atoms with E-state index in [0.29, 0.717) is 33.7 Å². The molecule has 3 aromatic carbocycles. The van der Waals surface area contributed by atoms with E-state index in [1.54, 1.807) is 18.2 Å². The van der Waals surface area contributed by atoms with E-state index in [0.717, 1.165) is 125 Å². The molecule has 0 bridgehead atoms. The van der Waals surface area contributed by atoms with Gasteiger partial charge in [0.05, 0.1) is 21.7 Å². The van der Waals surface area contributed by atoms with Crippen molar-refractivity contribution in [2.45, 2.75) is 64.0 Å². The Hall–Kier alpha value is -5.45. The summed E-state index contributed by atoms with van der Waals surface area (Å²) in [6.07, 6.45) is 5.32. The molecule has 0 radical (unpaired) electrons. The van der Waals surface area contributed by atoms with Crippen molar-refractivity contribution in [3.05, 3.63) is 87.9 Å². The van der Waals surface area contributed by atoms with Crippen LogP contribution in [0.25, 0.3) is 0 Å². The van der Waals surface area contributed by atoms with Crippen molar-refractivity contribution < 1.29 is 24.0 Å². The van der Waals surface area contributed by atoms with Crippen molar-refractivity contribution in [1.29, 1.82) is 5.26 Å². The third-order valence-electron chi connectivity index (χ3n) is 14.4. The van der Waals surface area contributed by atoms with Crippen LogP contribution in [0.3, 0.4) is 0 Å². The van der Waals surface area contributed by atoms with Crippen LogP contribution in [-0.2, 0) is 9.59 Å². The Bertz CT molecular complexity index is 2250. The molecule has 0 aromatic heterocycles. The van der Waals surface area contributed by atoms with E-state index in [1.807, 2.05) is 35.2 Å². The van der Waals surface area contributed by atoms with Crippen LogP contribution in [0, 0.1) is 22.7 Å². The summed E-state index contributed by atoms with van der Waals surface area (Å²) in [5.74, 6) is -1.27. The quantitative estimate of drug-likeness (QED) is 0.317. The number of rotatable bonds is 7. The molecular formula is C46H51ClN8O5. The van der Waals surface area contributed by atoms with Crippen LogP contribution in [0.1, 0.15) is 88.5 Å². The summed E-state index contributed by atoms with van der Waals surface area (Å²) in [5.41, 5.74) is 5.12. The highest BCUT2D eigenvalue weighted by molar-refractivity contribution is 6.32. The van der Waals surface area contributed by atoms with Gasteiger partial charge in [-0.25, -0.2) is 0 Å². The van der Waals surface area contributed by atoms with E-state index in [9.17, 15) is 29.2 Å². The molecule has 9 rings (SSSR count). The van der Waals surface area contributed by atoms with Crippen molar-refractivity contribution in [1.82, 2.24) is 20.0 Å². The van der Waals surface area contributed by atoms with Gasteiger partial charge in [-0.15, -0.1) is 0 Å². The van der Waals surface area contributed by atoms with E-state index in [-0.39, 0.29) is 30.1 Å². The number of halogens is 1. The molecule has 13 nitrogen and oxygen atoms in total. The van der Waals surface area contributed by atoms with Gasteiger partial charge in [-0.05, 0) is 117 Å². The molecule has 2 unspecified atom stereocenters. The SMILES string of the molecule is CC1N(c2ccc(C#N)c(Cl)c2)CCC12CCN(C(=O)c1ccc(N3CCN(CC4CCN(c5ccc6c(c5)C(=O)N(C5CCC(=O)NC5=O)C6=O)CC4)CC3)cc1)CC2. The highest BCUT2D eigenvalue weighted by atomic mass is 35.5. The Morgan fingerprint density at radius 2 is 1.42 bits per heavy atom. The van der Waals surface area contributed by atoms with Gasteiger partial charge in [0.15, 0.2) is 0 Å². The molecule has 312 valence electrons. The van der Waals surface area contributed by atoms with Gasteiger partial charge >= 0.3 is 0 Å². The van der Waals surface area contributed by atoms with Gasteiger partial charge < -0.3 is 19.6 Å². The zero-order chi connectivity index (χ0) is 41.7. The predicted molar refractivity (Wildman–Crippen MR) is 228 cm³/mol. The minimum absolute atomic E-state index is 0.0966. The molecule has 0 saturated carbocycles. The monoisotopic (exact) mass is 830 g/mol. The fraction of sp³-hybridized carbons (Fsp3) is 0.478. The molecule has 5 amide bonds. The van der Waals surface area contributed by atoms with E-state index in [4.69, 9.17) is 11.6 Å². The Morgan fingerprint density at radius 1 is 0.767 bits per heavy atom. The topological polar surface area (TPSA) is 141 Å². The molecule has 6 heterocycles. The molecule has 5 fully saturated rings. The van der Waals surface area contributed by atoms with Crippen molar-refractivity contribution in [2.75, 3.05) is 80.1 Å². The maximum atomic E-state index is 13.6. The Morgan fingerprint density at radius 3 is 2.10 bits per heavy atom. The number of likely N-dealkylation sites (tertiary alicyclic amines) is 1. The zero-order valence-corrected chi connectivity index (χ0v) is 34.8. The van der Waals surface area contributed by atoms with Crippen LogP contribution in [-0.4, -0.2) is 122 Å². The number of benzene rings is 3. The number of piperazine rings is 1. The summed E-state index contributed by atoms with van der Waals surface area (Å²) in [6, 6.07) is 20.7. The second-order valence-corrected chi connectivity index (χ2v) is 17.9. The average Bonchev–Trinajstić information content (AvgIpc) is 3.71. The van der Waals surface area contributed by atoms with Crippen LogP contribution < -0.4 is 20.0 Å². The number of nitrogens with one attached hydrogen (secondary N) is 1. The van der Waals surface area contributed by atoms with Gasteiger partial charge in [0, 0.05) is 101 Å². The number of amides is 5. The third-order valence-corrected chi connectivity index (χ3v) is 14.7. The normalized spacial score (nSPS) is 23.6. The molecule has 1 N–H and O–H groups in total. The number of nitriles is 1. The first-order valence-electron chi connectivity index (χ1n) is 21.5. The summed E-state index contributed by atoms with van der Waals surface area (Å²) < 4.78 is 0. The number of imide groups is 2. The minimum Gasteiger partial charge on any atom is -0.371 e. The zero-order valence-electron chi connectivity index (χ0n) is 34.1. The molecule has 5 saturated heterocycles. The van der Waals surface area contributed by atoms with Gasteiger partial charge in [-0.3, -0.25) is 39.1 Å². The summed E-state index contributed by atoms with van der Waals surface area (Å²) in [4.78, 5) is 76.9. The van der Waals surface area contributed by atoms with Crippen LogP contribution in [0.4, 0.5) is 17.1 Å². The predicted octanol–water partition coefficient (Wildman–Crippen LogP) is 5.17. The third kappa shape index (κ3) is 7.38. The lowest BCUT2D eigenvalue weighted by Gasteiger charge is -2.43. The van der Waals surface area contributed by atoms with Gasteiger partial charge in [0.25, 0.3) is 17.7 Å². The number of carbonyl (C=O) groups excluding carboxylic acids is 5. The lowest BCUT2D eigenvalue weighted by molar-refractivity contribution is -0.136. The van der Waals surface area contributed by atoms with Crippen molar-refractivity contribution in [3.63, 3.8) is 0 Å². The average molecular weight is 831 g/mol. The van der Waals surface area contributed by atoms with E-state index >= 15 is 0 Å². The summed E-state index contributed by atoms with van der Waals surface area (Å²) in [5, 5.41) is 12.0. The number of nitrogens with zero attached hydrogens (tertiary/aromatic N) is 7. The Labute approximate surface area is 355 Å². The second-order valence-electron chi connectivity index (χ2n) is 17.5. The van der Waals surface area contributed by atoms with Crippen molar-refractivity contribution in [2.24, 2.45) is 11.3 Å². The molecular weight excluding hydrogens is 780 g/mol. The number of piperidine rings is 3. The summed E-state index contributed by atoms with van der Waals surface area (Å²) in [7, 11) is 0. The van der Waals surface area contributed by atoms with Crippen LogP contribution in [0.5, 0.6) is 0 Å². The van der Waals surface area contributed by atoms with Gasteiger partial charge in [-0.2, -0.15) is 5.26 Å². The number of fused-ring (bicyclic) bond motifs is 1. The van der Waals surface area contributed by atoms with Crippen LogP contribution in [0.15, 0.2) is 60.7 Å². The molecule has 14 heteroatoms. The first-order chi connectivity index (χ1) is 29.0. The molecule has 3 aromatic rings. The van der Waals surface area contributed by atoms with Crippen LogP contribution >= 0.6 is 11.6 Å². The maximum Gasteiger partial charge on any atom is 0.262 e. The Kier molecular flexibility index (Phi) is 10.8. The van der Waals surface area contributed by atoms with E-state index in [1.165, 1.54) is 0 Å². The van der Waals surface area contributed by atoms with Gasteiger partial charge in [0.2, 0.25) is 11.8 Å². The molecule has 60 heavy (non-hydrogen) atoms. The van der Waals surface area contributed by atoms with Crippen LogP contribution in [0.2, 0.25) is 5.02 Å². The largest absolute Gasteiger partial charge is 0.371 e. The smallest absolute Gasteiger partial charge is 0.262 e. The highest BCUT2D eigenvalue weighted by Gasteiger charge is 2.48. The lowest BCUT2D eigenvalue weighted by atomic mass is 9.73.